The zero-order valence-corrected chi connectivity index (χ0v) is 8.99. The van der Waals surface area contributed by atoms with Gasteiger partial charge in [-0.15, -0.1) is 0 Å². The van der Waals surface area contributed by atoms with Gasteiger partial charge in [0.25, 0.3) is 0 Å². The van der Waals surface area contributed by atoms with E-state index >= 15 is 0 Å². The predicted octanol–water partition coefficient (Wildman–Crippen LogP) is 0.0891. The SMILES string of the molecule is COC(=O)C[C@H](C)NC(=O)[C@H](C)OC. The average molecular weight is 203 g/mol. The fourth-order valence-electron chi connectivity index (χ4n) is 0.852. The molecule has 1 amide bonds. The lowest BCUT2D eigenvalue weighted by molar-refractivity contribution is -0.141. The Labute approximate surface area is 83.8 Å². The van der Waals surface area contributed by atoms with Crippen molar-refractivity contribution in [2.45, 2.75) is 32.4 Å². The van der Waals surface area contributed by atoms with Crippen molar-refractivity contribution < 1.29 is 19.1 Å². The first-order valence-corrected chi connectivity index (χ1v) is 4.41. The summed E-state index contributed by atoms with van der Waals surface area (Å²) in [5.41, 5.74) is 0. The lowest BCUT2D eigenvalue weighted by atomic mass is 10.2. The highest BCUT2D eigenvalue weighted by Crippen LogP contribution is 1.95. The van der Waals surface area contributed by atoms with Gasteiger partial charge in [-0.3, -0.25) is 9.59 Å². The summed E-state index contributed by atoms with van der Waals surface area (Å²) in [4.78, 5) is 22.1. The number of hydrogen-bond acceptors (Lipinski definition) is 4. The van der Waals surface area contributed by atoms with E-state index in [1.165, 1.54) is 14.2 Å². The van der Waals surface area contributed by atoms with Gasteiger partial charge < -0.3 is 14.8 Å². The van der Waals surface area contributed by atoms with Crippen molar-refractivity contribution in [3.8, 4) is 0 Å². The summed E-state index contributed by atoms with van der Waals surface area (Å²) in [7, 11) is 2.77. The molecule has 0 aliphatic rings. The van der Waals surface area contributed by atoms with Gasteiger partial charge in [-0.1, -0.05) is 0 Å². The van der Waals surface area contributed by atoms with Crippen LogP contribution in [0, 0.1) is 0 Å². The Kier molecular flexibility index (Phi) is 5.87. The topological polar surface area (TPSA) is 64.6 Å². The molecule has 0 saturated carbocycles. The van der Waals surface area contributed by atoms with Crippen molar-refractivity contribution >= 4 is 11.9 Å². The Morgan fingerprint density at radius 2 is 1.86 bits per heavy atom. The number of esters is 1. The molecule has 0 fully saturated rings. The van der Waals surface area contributed by atoms with Crippen LogP contribution in [0.2, 0.25) is 0 Å². The fraction of sp³-hybridized carbons (Fsp3) is 0.778. The molecule has 0 spiro atoms. The molecule has 0 aromatic rings. The number of carbonyl (C=O) groups excluding carboxylic acids is 2. The van der Waals surface area contributed by atoms with E-state index in [9.17, 15) is 9.59 Å². The number of carbonyl (C=O) groups is 2. The number of ether oxygens (including phenoxy) is 2. The Morgan fingerprint density at radius 3 is 2.29 bits per heavy atom. The van der Waals surface area contributed by atoms with Crippen LogP contribution in [0.3, 0.4) is 0 Å². The van der Waals surface area contributed by atoms with Crippen LogP contribution in [0.25, 0.3) is 0 Å². The third-order valence-electron chi connectivity index (χ3n) is 1.81. The minimum atomic E-state index is -0.505. The van der Waals surface area contributed by atoms with E-state index in [1.807, 2.05) is 0 Å². The first-order chi connectivity index (χ1) is 6.51. The molecule has 0 radical (unpaired) electrons. The third-order valence-corrected chi connectivity index (χ3v) is 1.81. The van der Waals surface area contributed by atoms with E-state index < -0.39 is 6.10 Å². The summed E-state index contributed by atoms with van der Waals surface area (Å²) in [6, 6.07) is -0.243. The summed E-state index contributed by atoms with van der Waals surface area (Å²) >= 11 is 0. The van der Waals surface area contributed by atoms with Gasteiger partial charge in [0.1, 0.15) is 6.10 Å². The maximum atomic E-state index is 11.3. The van der Waals surface area contributed by atoms with Gasteiger partial charge in [-0.25, -0.2) is 0 Å². The molecule has 0 bridgehead atoms. The van der Waals surface area contributed by atoms with Crippen molar-refractivity contribution in [3.05, 3.63) is 0 Å². The van der Waals surface area contributed by atoms with Gasteiger partial charge in [-0.2, -0.15) is 0 Å². The predicted molar refractivity (Wildman–Crippen MR) is 50.7 cm³/mol. The van der Waals surface area contributed by atoms with E-state index in [4.69, 9.17) is 4.74 Å². The highest BCUT2D eigenvalue weighted by Gasteiger charge is 2.16. The van der Waals surface area contributed by atoms with Crippen molar-refractivity contribution in [1.82, 2.24) is 5.32 Å². The quantitative estimate of drug-likeness (QED) is 0.643. The standard InChI is InChI=1S/C9H17NO4/c1-6(5-8(11)14-4)10-9(12)7(2)13-3/h6-7H,5H2,1-4H3,(H,10,12)/t6-,7-/m0/s1. The molecule has 0 aliphatic heterocycles. The summed E-state index contributed by atoms with van der Waals surface area (Å²) in [5.74, 6) is -0.577. The first kappa shape index (κ1) is 12.9. The molecule has 5 nitrogen and oxygen atoms in total. The largest absolute Gasteiger partial charge is 0.469 e. The second-order valence-corrected chi connectivity index (χ2v) is 3.07. The number of amides is 1. The molecular formula is C9H17NO4. The summed E-state index contributed by atoms with van der Waals surface area (Å²) < 4.78 is 9.28. The Balaban J connectivity index is 3.88. The zero-order valence-electron chi connectivity index (χ0n) is 8.99. The highest BCUT2D eigenvalue weighted by atomic mass is 16.5. The van der Waals surface area contributed by atoms with Crippen molar-refractivity contribution in [2.75, 3.05) is 14.2 Å². The Bertz CT molecular complexity index is 205. The van der Waals surface area contributed by atoms with Crippen LogP contribution in [0.4, 0.5) is 0 Å². The third kappa shape index (κ3) is 4.81. The van der Waals surface area contributed by atoms with Gasteiger partial charge in [0.05, 0.1) is 13.5 Å². The monoisotopic (exact) mass is 203 g/mol. The molecule has 14 heavy (non-hydrogen) atoms. The van der Waals surface area contributed by atoms with Crippen LogP contribution < -0.4 is 5.32 Å². The Morgan fingerprint density at radius 1 is 1.29 bits per heavy atom. The number of nitrogens with one attached hydrogen (secondary N) is 1. The maximum Gasteiger partial charge on any atom is 0.307 e. The van der Waals surface area contributed by atoms with Gasteiger partial charge in [0.2, 0.25) is 5.91 Å². The molecule has 5 heteroatoms. The molecule has 0 rings (SSSR count). The Hall–Kier alpha value is -1.10. The van der Waals surface area contributed by atoms with Gasteiger partial charge >= 0.3 is 5.97 Å². The van der Waals surface area contributed by atoms with E-state index in [0.717, 1.165) is 0 Å². The smallest absolute Gasteiger partial charge is 0.307 e. The minimum absolute atomic E-state index is 0.165. The molecule has 0 aromatic carbocycles. The lowest BCUT2D eigenvalue weighted by Gasteiger charge is -2.15. The van der Waals surface area contributed by atoms with Crippen LogP contribution in [-0.4, -0.2) is 38.2 Å². The molecule has 0 saturated heterocycles. The van der Waals surface area contributed by atoms with E-state index in [-0.39, 0.29) is 24.3 Å². The summed E-state index contributed by atoms with van der Waals surface area (Å²) in [5, 5.41) is 2.63. The van der Waals surface area contributed by atoms with E-state index in [2.05, 4.69) is 10.1 Å². The highest BCUT2D eigenvalue weighted by molar-refractivity contribution is 5.81. The first-order valence-electron chi connectivity index (χ1n) is 4.41. The van der Waals surface area contributed by atoms with E-state index in [1.54, 1.807) is 13.8 Å². The van der Waals surface area contributed by atoms with Crippen LogP contribution in [0.15, 0.2) is 0 Å². The number of methoxy groups -OCH3 is 2. The molecule has 82 valence electrons. The maximum absolute atomic E-state index is 11.3. The number of hydrogen-bond donors (Lipinski definition) is 1. The second kappa shape index (κ2) is 6.37. The van der Waals surface area contributed by atoms with Crippen LogP contribution in [0.1, 0.15) is 20.3 Å². The molecule has 0 aliphatic carbocycles. The van der Waals surface area contributed by atoms with Gasteiger partial charge in [-0.05, 0) is 13.8 Å². The van der Waals surface area contributed by atoms with Crippen molar-refractivity contribution in [2.24, 2.45) is 0 Å². The fourth-order valence-corrected chi connectivity index (χ4v) is 0.852. The molecule has 1 N–H and O–H groups in total. The van der Waals surface area contributed by atoms with Gasteiger partial charge in [0, 0.05) is 13.2 Å². The zero-order chi connectivity index (χ0) is 11.1. The normalized spacial score (nSPS) is 14.3. The molecule has 0 unspecified atom stereocenters. The average Bonchev–Trinajstić information content (AvgIpc) is 2.15. The second-order valence-electron chi connectivity index (χ2n) is 3.07. The minimum Gasteiger partial charge on any atom is -0.469 e. The van der Waals surface area contributed by atoms with Gasteiger partial charge in [0.15, 0.2) is 0 Å². The van der Waals surface area contributed by atoms with Crippen molar-refractivity contribution in [1.29, 1.82) is 0 Å². The molecular weight excluding hydrogens is 186 g/mol. The lowest BCUT2D eigenvalue weighted by Crippen LogP contribution is -2.40. The molecule has 0 heterocycles. The molecule has 2 atom stereocenters. The summed E-state index contributed by atoms with van der Waals surface area (Å²) in [6.45, 7) is 3.37. The summed E-state index contributed by atoms with van der Waals surface area (Å²) in [6.07, 6.45) is -0.339. The van der Waals surface area contributed by atoms with Crippen LogP contribution in [0.5, 0.6) is 0 Å². The van der Waals surface area contributed by atoms with E-state index in [0.29, 0.717) is 0 Å². The molecule has 0 aromatic heterocycles. The van der Waals surface area contributed by atoms with Crippen LogP contribution >= 0.6 is 0 Å². The van der Waals surface area contributed by atoms with Crippen molar-refractivity contribution in [3.63, 3.8) is 0 Å². The van der Waals surface area contributed by atoms with Crippen LogP contribution in [-0.2, 0) is 19.1 Å². The number of rotatable bonds is 5.